The number of unbranched alkanes of at least 4 members (excludes halogenated alkanes) is 1. The summed E-state index contributed by atoms with van der Waals surface area (Å²) in [5, 5.41) is 22.3. The van der Waals surface area contributed by atoms with Gasteiger partial charge in [-0.3, -0.25) is 34.9 Å². The standard InChI is InChI=1S/C54H88N8O17S/c1-4-5-6-46-60-50(52(55)56)51(53(57)79-42(2)3)62(46)41-44-9-7-43(8-10-44)40-59-48(64)12-15-67-17-19-69-21-23-71-25-27-73-29-31-75-33-35-77-37-38-78-36-34-76-32-30-74-28-26-72-24-22-70-20-18-68-16-13-58-47(63)11-14-61-49(65)39-45(80)54(61)66/h7-10,39,42,57,80H,4-6,11-38,40-41H2,1-3H3,(H3,55,56)(H,58,63)(H,59,64). The Morgan fingerprint density at radius 3 is 1.43 bits per heavy atom. The zero-order valence-corrected chi connectivity index (χ0v) is 48.0. The number of benzene rings is 1. The zero-order chi connectivity index (χ0) is 57.8. The van der Waals surface area contributed by atoms with Crippen LogP contribution in [0.4, 0.5) is 0 Å². The molecule has 2 aromatic rings. The molecule has 1 aliphatic rings. The van der Waals surface area contributed by atoms with Crippen molar-refractivity contribution in [3.63, 3.8) is 0 Å². The van der Waals surface area contributed by atoms with Crippen LogP contribution in [0.1, 0.15) is 74.8 Å². The number of aromatic nitrogens is 2. The quantitative estimate of drug-likeness (QED) is 0.0182. The fourth-order valence-electron chi connectivity index (χ4n) is 7.10. The van der Waals surface area contributed by atoms with Crippen molar-refractivity contribution >= 4 is 48.0 Å². The Hall–Kier alpha value is -4.94. The van der Waals surface area contributed by atoms with Gasteiger partial charge in [0.1, 0.15) is 23.0 Å². The Balaban J connectivity index is 0.981. The summed E-state index contributed by atoms with van der Waals surface area (Å²) in [4.78, 5) is 53.5. The molecule has 0 fully saturated rings. The third kappa shape index (κ3) is 31.9. The van der Waals surface area contributed by atoms with E-state index in [9.17, 15) is 19.2 Å². The summed E-state index contributed by atoms with van der Waals surface area (Å²) < 4.78 is 73.7. The largest absolute Gasteiger partial charge is 0.474 e. The van der Waals surface area contributed by atoms with Crippen LogP contribution in [0.3, 0.4) is 0 Å². The number of nitrogens with one attached hydrogen (secondary N) is 4. The molecule has 1 aliphatic heterocycles. The van der Waals surface area contributed by atoms with Gasteiger partial charge in [-0.1, -0.05) is 37.6 Å². The predicted octanol–water partition coefficient (Wildman–Crippen LogP) is 2.20. The Morgan fingerprint density at radius 2 is 1.02 bits per heavy atom. The Labute approximate surface area is 476 Å². The van der Waals surface area contributed by atoms with Gasteiger partial charge < -0.3 is 82.5 Å². The van der Waals surface area contributed by atoms with Crippen molar-refractivity contribution in [3.8, 4) is 0 Å². The lowest BCUT2D eigenvalue weighted by Gasteiger charge is -2.16. The van der Waals surface area contributed by atoms with E-state index in [-0.39, 0.29) is 66.2 Å². The van der Waals surface area contributed by atoms with E-state index in [1.165, 1.54) is 0 Å². The summed E-state index contributed by atoms with van der Waals surface area (Å²) in [6.07, 6.45) is 3.72. The molecule has 0 spiro atoms. The predicted molar refractivity (Wildman–Crippen MR) is 298 cm³/mol. The Morgan fingerprint density at radius 1 is 0.613 bits per heavy atom. The molecule has 0 saturated carbocycles. The third-order valence-electron chi connectivity index (χ3n) is 11.2. The first kappa shape index (κ1) is 69.3. The van der Waals surface area contributed by atoms with E-state index in [4.69, 9.17) is 78.1 Å². The SMILES string of the molecule is CCCCc1nc(C(=N)N)c(C(=N)OC(C)C)n1Cc1ccc(CNC(=O)CCOCCOCCOCCOCCOCCOCCOCCOCCOCCOCCOCCOCCNC(=O)CCN2C(=O)C=C(S)C2=O)cc1. The number of amides is 4. The van der Waals surface area contributed by atoms with Crippen LogP contribution in [-0.2, 0) is 100 Å². The van der Waals surface area contributed by atoms with Gasteiger partial charge in [0.2, 0.25) is 17.7 Å². The number of imidazole rings is 1. The van der Waals surface area contributed by atoms with E-state index in [0.29, 0.717) is 184 Å². The summed E-state index contributed by atoms with van der Waals surface area (Å²) in [5.41, 5.74) is 8.45. The maximum absolute atomic E-state index is 12.4. The smallest absolute Gasteiger partial charge is 0.267 e. The number of nitrogen functional groups attached to an aromatic ring is 1. The van der Waals surface area contributed by atoms with Gasteiger partial charge in [0, 0.05) is 51.5 Å². The number of nitrogens with two attached hydrogens (primary N) is 1. The van der Waals surface area contributed by atoms with Crippen LogP contribution in [-0.4, -0.2) is 228 Å². The van der Waals surface area contributed by atoms with Gasteiger partial charge in [-0.2, -0.15) is 0 Å². The monoisotopic (exact) mass is 1150 g/mol. The van der Waals surface area contributed by atoms with Crippen molar-refractivity contribution in [1.82, 2.24) is 25.1 Å². The minimum absolute atomic E-state index is 0.00293. The molecule has 452 valence electrons. The molecule has 80 heavy (non-hydrogen) atoms. The van der Waals surface area contributed by atoms with Crippen molar-refractivity contribution in [2.24, 2.45) is 5.73 Å². The van der Waals surface area contributed by atoms with E-state index in [0.717, 1.165) is 40.8 Å². The summed E-state index contributed by atoms with van der Waals surface area (Å²) in [5.74, 6) is -0.877. The number of carbonyl (C=O) groups excluding carboxylic acids is 4. The second-order valence-corrected chi connectivity index (χ2v) is 18.4. The molecule has 25 nitrogen and oxygen atoms in total. The van der Waals surface area contributed by atoms with Crippen LogP contribution in [0.2, 0.25) is 0 Å². The lowest BCUT2D eigenvalue weighted by molar-refractivity contribution is -0.137. The number of aryl methyl sites for hydroxylation is 1. The molecule has 3 rings (SSSR count). The van der Waals surface area contributed by atoms with Crippen molar-refractivity contribution in [3.05, 3.63) is 63.6 Å². The van der Waals surface area contributed by atoms with Gasteiger partial charge in [0.05, 0.1) is 170 Å². The molecule has 6 N–H and O–H groups in total. The number of hydrogen-bond acceptors (Lipinski definition) is 21. The molecule has 26 heteroatoms. The fourth-order valence-corrected chi connectivity index (χ4v) is 7.33. The molecule has 1 aromatic carbocycles. The van der Waals surface area contributed by atoms with Crippen LogP contribution >= 0.6 is 12.6 Å². The Kier molecular flexibility index (Phi) is 38.7. The van der Waals surface area contributed by atoms with Crippen LogP contribution in [0, 0.1) is 10.8 Å². The first-order valence-electron chi connectivity index (χ1n) is 27.4. The molecule has 0 atom stereocenters. The highest BCUT2D eigenvalue weighted by Crippen LogP contribution is 2.20. The number of rotatable bonds is 52. The normalized spacial score (nSPS) is 12.5. The topological polar surface area (TPSA) is 307 Å². The zero-order valence-electron chi connectivity index (χ0n) is 47.1. The van der Waals surface area contributed by atoms with Gasteiger partial charge in [-0.25, -0.2) is 4.98 Å². The number of nitrogens with zero attached hydrogens (tertiary/aromatic N) is 3. The number of imide groups is 1. The van der Waals surface area contributed by atoms with Gasteiger partial charge in [0.15, 0.2) is 0 Å². The van der Waals surface area contributed by atoms with Crippen LogP contribution < -0.4 is 16.4 Å². The number of hydrogen-bond donors (Lipinski definition) is 6. The maximum Gasteiger partial charge on any atom is 0.267 e. The summed E-state index contributed by atoms with van der Waals surface area (Å²) >= 11 is 3.93. The summed E-state index contributed by atoms with van der Waals surface area (Å²) in [6, 6.07) is 7.87. The first-order chi connectivity index (χ1) is 38.9. The van der Waals surface area contributed by atoms with Crippen LogP contribution in [0.5, 0.6) is 0 Å². The molecule has 0 aliphatic carbocycles. The van der Waals surface area contributed by atoms with Crippen molar-refractivity contribution < 1.29 is 80.8 Å². The molecule has 0 unspecified atom stereocenters. The van der Waals surface area contributed by atoms with E-state index >= 15 is 0 Å². The fraction of sp³-hybridized carbons (Fsp3) is 0.685. The van der Waals surface area contributed by atoms with Gasteiger partial charge in [-0.15, -0.1) is 12.6 Å². The lowest BCUT2D eigenvalue weighted by atomic mass is 10.1. The molecule has 0 bridgehead atoms. The maximum atomic E-state index is 12.4. The first-order valence-corrected chi connectivity index (χ1v) is 27.9. The summed E-state index contributed by atoms with van der Waals surface area (Å²) in [6.45, 7) is 17.0. The van der Waals surface area contributed by atoms with E-state index in [2.05, 4.69) is 35.2 Å². The third-order valence-corrected chi connectivity index (χ3v) is 11.5. The minimum Gasteiger partial charge on any atom is -0.474 e. The average Bonchev–Trinajstić information content (AvgIpc) is 4.02. The highest BCUT2D eigenvalue weighted by atomic mass is 32.1. The second-order valence-electron chi connectivity index (χ2n) is 17.9. The number of ether oxygens (including phenoxy) is 13. The molecule has 4 amide bonds. The summed E-state index contributed by atoms with van der Waals surface area (Å²) in [7, 11) is 0. The van der Waals surface area contributed by atoms with Crippen molar-refractivity contribution in [2.45, 2.75) is 72.1 Å². The van der Waals surface area contributed by atoms with Gasteiger partial charge in [-0.05, 0) is 31.4 Å². The van der Waals surface area contributed by atoms with Gasteiger partial charge >= 0.3 is 0 Å². The molecular weight excluding hydrogens is 1060 g/mol. The Bertz CT molecular complexity index is 2100. The van der Waals surface area contributed by atoms with Crippen LogP contribution in [0.15, 0.2) is 35.2 Å². The van der Waals surface area contributed by atoms with Gasteiger partial charge in [0.25, 0.3) is 11.8 Å². The molecule has 0 radical (unpaired) electrons. The number of carbonyl (C=O) groups is 4. The van der Waals surface area contributed by atoms with E-state index < -0.39 is 11.8 Å². The minimum atomic E-state index is -0.493. The molecule has 1 aromatic heterocycles. The number of amidine groups is 1. The van der Waals surface area contributed by atoms with E-state index in [1.807, 2.05) is 42.7 Å². The second kappa shape index (κ2) is 44.7. The van der Waals surface area contributed by atoms with E-state index in [1.54, 1.807) is 0 Å². The van der Waals surface area contributed by atoms with Crippen molar-refractivity contribution in [2.75, 3.05) is 172 Å². The average molecular weight is 1150 g/mol. The van der Waals surface area contributed by atoms with Crippen LogP contribution in [0.25, 0.3) is 0 Å². The molecular formula is C54H88N8O17S. The molecule has 0 saturated heterocycles. The molecule has 2 heterocycles. The van der Waals surface area contributed by atoms with Crippen molar-refractivity contribution in [1.29, 1.82) is 10.8 Å². The highest BCUT2D eigenvalue weighted by Gasteiger charge is 2.29. The highest BCUT2D eigenvalue weighted by molar-refractivity contribution is 7.85. The lowest BCUT2D eigenvalue weighted by Crippen LogP contribution is -2.36. The number of thiol groups is 1.